The summed E-state index contributed by atoms with van der Waals surface area (Å²) in [6.45, 7) is 2.28. The highest BCUT2D eigenvalue weighted by atomic mass is 16.5. The molecule has 2 aliphatic heterocycles. The van der Waals surface area contributed by atoms with Crippen molar-refractivity contribution < 1.29 is 4.74 Å². The third-order valence-corrected chi connectivity index (χ3v) is 5.14. The Balaban J connectivity index is 1.91. The van der Waals surface area contributed by atoms with Crippen LogP contribution in [0.25, 0.3) is 0 Å². The Kier molecular flexibility index (Phi) is 1.42. The first kappa shape index (κ1) is 9.40. The zero-order chi connectivity index (χ0) is 11.9. The van der Waals surface area contributed by atoms with Crippen molar-refractivity contribution in [2.24, 2.45) is 0 Å². The van der Waals surface area contributed by atoms with E-state index in [4.69, 9.17) is 4.74 Å². The molecule has 1 spiro atoms. The molecular formula is C16H15NO. The summed E-state index contributed by atoms with van der Waals surface area (Å²) in [5.41, 5.74) is 4.57. The SMILES string of the molecule is C[C@H]1NC2CC34C1=CC=C[C@@H]3Oc1cccc2c14. The summed E-state index contributed by atoms with van der Waals surface area (Å²) in [6, 6.07) is 7.47. The number of fused-ring (bicyclic) bond motifs is 2. The molecule has 0 radical (unpaired) electrons. The van der Waals surface area contributed by atoms with Gasteiger partial charge in [0, 0.05) is 17.6 Å². The van der Waals surface area contributed by atoms with Crippen molar-refractivity contribution in [3.63, 3.8) is 0 Å². The van der Waals surface area contributed by atoms with E-state index in [9.17, 15) is 0 Å². The van der Waals surface area contributed by atoms with Gasteiger partial charge in [-0.25, -0.2) is 0 Å². The van der Waals surface area contributed by atoms with Crippen molar-refractivity contribution in [3.05, 3.63) is 53.1 Å². The molecule has 2 heteroatoms. The molecule has 4 atom stereocenters. The number of ether oxygens (including phenoxy) is 1. The van der Waals surface area contributed by atoms with Gasteiger partial charge in [0.15, 0.2) is 0 Å². The highest BCUT2D eigenvalue weighted by Gasteiger charge is 2.61. The zero-order valence-electron chi connectivity index (χ0n) is 10.3. The van der Waals surface area contributed by atoms with Crippen LogP contribution in [0.3, 0.4) is 0 Å². The lowest BCUT2D eigenvalue weighted by atomic mass is 9.66. The Morgan fingerprint density at radius 1 is 1.39 bits per heavy atom. The number of hydrogen-bond donors (Lipinski definition) is 1. The smallest absolute Gasteiger partial charge is 0.131 e. The molecule has 2 nitrogen and oxygen atoms in total. The monoisotopic (exact) mass is 237 g/mol. The first-order valence-corrected chi connectivity index (χ1v) is 6.76. The average Bonchev–Trinajstić information content (AvgIpc) is 2.83. The number of nitrogens with one attached hydrogen (secondary N) is 1. The van der Waals surface area contributed by atoms with Gasteiger partial charge in [-0.05, 0) is 36.6 Å². The fraction of sp³-hybridized carbons (Fsp3) is 0.375. The van der Waals surface area contributed by atoms with Gasteiger partial charge in [0.2, 0.25) is 0 Å². The number of allylic oxidation sites excluding steroid dienone is 2. The van der Waals surface area contributed by atoms with E-state index in [0.29, 0.717) is 12.1 Å². The fourth-order valence-corrected chi connectivity index (χ4v) is 4.55. The lowest BCUT2D eigenvalue weighted by Gasteiger charge is -2.42. The Labute approximate surface area is 106 Å². The summed E-state index contributed by atoms with van der Waals surface area (Å²) in [5.74, 6) is 1.10. The summed E-state index contributed by atoms with van der Waals surface area (Å²) in [7, 11) is 0. The van der Waals surface area contributed by atoms with Gasteiger partial charge in [-0.3, -0.25) is 0 Å². The van der Waals surface area contributed by atoms with Gasteiger partial charge in [0.25, 0.3) is 0 Å². The molecule has 2 heterocycles. The topological polar surface area (TPSA) is 21.3 Å². The van der Waals surface area contributed by atoms with Crippen LogP contribution in [0.5, 0.6) is 5.75 Å². The van der Waals surface area contributed by atoms with Gasteiger partial charge in [-0.2, -0.15) is 0 Å². The lowest BCUT2D eigenvalue weighted by Crippen LogP contribution is -2.50. The Morgan fingerprint density at radius 2 is 2.33 bits per heavy atom. The van der Waals surface area contributed by atoms with E-state index in [2.05, 4.69) is 48.7 Å². The van der Waals surface area contributed by atoms with E-state index in [0.717, 1.165) is 12.2 Å². The molecule has 1 fully saturated rings. The van der Waals surface area contributed by atoms with Gasteiger partial charge in [0.1, 0.15) is 11.9 Å². The molecular weight excluding hydrogens is 222 g/mol. The highest BCUT2D eigenvalue weighted by molar-refractivity contribution is 5.64. The van der Waals surface area contributed by atoms with Crippen LogP contribution in [0, 0.1) is 0 Å². The number of rotatable bonds is 0. The van der Waals surface area contributed by atoms with E-state index in [1.54, 1.807) is 0 Å². The maximum Gasteiger partial charge on any atom is 0.131 e. The summed E-state index contributed by atoms with van der Waals surface area (Å²) < 4.78 is 6.19. The fourth-order valence-electron chi connectivity index (χ4n) is 4.55. The maximum atomic E-state index is 6.19. The molecule has 18 heavy (non-hydrogen) atoms. The molecule has 2 aliphatic carbocycles. The van der Waals surface area contributed by atoms with Crippen LogP contribution in [0.15, 0.2) is 42.0 Å². The Morgan fingerprint density at radius 3 is 3.28 bits per heavy atom. The second-order valence-corrected chi connectivity index (χ2v) is 5.88. The minimum Gasteiger partial charge on any atom is -0.485 e. The highest BCUT2D eigenvalue weighted by Crippen LogP contribution is 2.63. The second kappa shape index (κ2) is 2.72. The van der Waals surface area contributed by atoms with E-state index < -0.39 is 0 Å². The van der Waals surface area contributed by atoms with Crippen molar-refractivity contribution in [1.82, 2.24) is 5.32 Å². The predicted octanol–water partition coefficient (Wildman–Crippen LogP) is 2.62. The Bertz CT molecular complexity index is 630. The molecule has 90 valence electrons. The number of benzene rings is 1. The molecule has 0 aromatic heterocycles. The van der Waals surface area contributed by atoms with Crippen LogP contribution >= 0.6 is 0 Å². The number of piperidine rings is 1. The maximum absolute atomic E-state index is 6.19. The van der Waals surface area contributed by atoms with Crippen molar-refractivity contribution in [2.75, 3.05) is 0 Å². The van der Waals surface area contributed by atoms with Gasteiger partial charge in [0.05, 0.1) is 5.41 Å². The summed E-state index contributed by atoms with van der Waals surface area (Å²) in [5, 5.41) is 3.75. The summed E-state index contributed by atoms with van der Waals surface area (Å²) in [4.78, 5) is 0. The Hall–Kier alpha value is -1.54. The third kappa shape index (κ3) is 0.793. The zero-order valence-corrected chi connectivity index (χ0v) is 10.3. The third-order valence-electron chi connectivity index (χ3n) is 5.14. The first-order chi connectivity index (χ1) is 8.80. The molecule has 1 N–H and O–H groups in total. The molecule has 1 aromatic rings. The van der Waals surface area contributed by atoms with Gasteiger partial charge in [-0.1, -0.05) is 24.3 Å². The van der Waals surface area contributed by atoms with Gasteiger partial charge >= 0.3 is 0 Å². The van der Waals surface area contributed by atoms with Crippen molar-refractivity contribution >= 4 is 0 Å². The van der Waals surface area contributed by atoms with E-state index >= 15 is 0 Å². The largest absolute Gasteiger partial charge is 0.485 e. The summed E-state index contributed by atoms with van der Waals surface area (Å²) in [6.07, 6.45) is 8.06. The van der Waals surface area contributed by atoms with Gasteiger partial charge in [-0.15, -0.1) is 0 Å². The second-order valence-electron chi connectivity index (χ2n) is 5.88. The molecule has 1 aromatic carbocycles. The van der Waals surface area contributed by atoms with Crippen LogP contribution in [0.4, 0.5) is 0 Å². The first-order valence-electron chi connectivity index (χ1n) is 6.76. The van der Waals surface area contributed by atoms with Crippen LogP contribution in [0.2, 0.25) is 0 Å². The minimum absolute atomic E-state index is 0.135. The molecule has 0 saturated carbocycles. The molecule has 0 amide bonds. The predicted molar refractivity (Wildman–Crippen MR) is 69.7 cm³/mol. The van der Waals surface area contributed by atoms with E-state index in [1.165, 1.54) is 16.7 Å². The summed E-state index contributed by atoms with van der Waals surface area (Å²) >= 11 is 0. The van der Waals surface area contributed by atoms with Crippen molar-refractivity contribution in [1.29, 1.82) is 0 Å². The normalized spacial score (nSPS) is 41.4. The molecule has 2 bridgehead atoms. The average molecular weight is 237 g/mol. The molecule has 5 rings (SSSR count). The minimum atomic E-state index is 0.135. The molecule has 1 saturated heterocycles. The van der Waals surface area contributed by atoms with Crippen LogP contribution < -0.4 is 10.1 Å². The van der Waals surface area contributed by atoms with Crippen molar-refractivity contribution in [3.8, 4) is 5.75 Å². The van der Waals surface area contributed by atoms with E-state index in [1.807, 2.05) is 0 Å². The lowest BCUT2D eigenvalue weighted by molar-refractivity contribution is 0.174. The molecule has 4 aliphatic rings. The van der Waals surface area contributed by atoms with Gasteiger partial charge < -0.3 is 10.1 Å². The van der Waals surface area contributed by atoms with E-state index in [-0.39, 0.29) is 11.5 Å². The quantitative estimate of drug-likeness (QED) is 0.749. The molecule has 2 unspecified atom stereocenters. The standard InChI is InChI=1S/C16H15NO/c1-9-11-5-3-7-14-16(11)8-12(17-9)10-4-2-6-13(18-14)15(10)16/h2-7,9,12,14,17H,8H2,1H3/t9-,12?,14+,16?/m1/s1. The van der Waals surface area contributed by atoms with Crippen LogP contribution in [-0.2, 0) is 5.41 Å². The number of hydrogen-bond acceptors (Lipinski definition) is 2. The van der Waals surface area contributed by atoms with Crippen molar-refractivity contribution in [2.45, 2.75) is 36.9 Å². The van der Waals surface area contributed by atoms with Crippen LogP contribution in [0.1, 0.15) is 30.5 Å². The van der Waals surface area contributed by atoms with Crippen LogP contribution in [-0.4, -0.2) is 12.1 Å².